The van der Waals surface area contributed by atoms with E-state index in [0.29, 0.717) is 30.1 Å². The van der Waals surface area contributed by atoms with Gasteiger partial charge in [-0.15, -0.1) is 0 Å². The van der Waals surface area contributed by atoms with Gasteiger partial charge in [0, 0.05) is 37.0 Å². The van der Waals surface area contributed by atoms with E-state index in [2.05, 4.69) is 17.2 Å². The lowest BCUT2D eigenvalue weighted by molar-refractivity contribution is -0.141. The van der Waals surface area contributed by atoms with Crippen LogP contribution in [0.2, 0.25) is 0 Å². The summed E-state index contributed by atoms with van der Waals surface area (Å²) < 4.78 is 77.7. The Morgan fingerprint density at radius 1 is 1.22 bits per heavy atom. The Kier molecular flexibility index (Phi) is 8.29. The van der Waals surface area contributed by atoms with Crippen molar-refractivity contribution in [1.29, 1.82) is 0 Å². The first kappa shape index (κ1) is 27.9. The summed E-state index contributed by atoms with van der Waals surface area (Å²) in [5.41, 5.74) is 5.14. The van der Waals surface area contributed by atoms with E-state index in [4.69, 9.17) is 5.73 Å². The molecule has 2 aromatic rings. The van der Waals surface area contributed by atoms with Crippen molar-refractivity contribution < 1.29 is 30.8 Å². The molecule has 0 spiro atoms. The van der Waals surface area contributed by atoms with Gasteiger partial charge in [-0.05, 0) is 43.4 Å². The Hall–Kier alpha value is -2.73. The molecule has 2 atom stereocenters. The third-order valence-electron chi connectivity index (χ3n) is 6.47. The fraction of sp³-hybridized carbons (Fsp3) is 0.500. The lowest BCUT2D eigenvalue weighted by Crippen LogP contribution is -2.35. The van der Waals surface area contributed by atoms with E-state index in [9.17, 15) is 30.8 Å². The molecule has 0 aliphatic carbocycles. The van der Waals surface area contributed by atoms with E-state index >= 15 is 0 Å². The summed E-state index contributed by atoms with van der Waals surface area (Å²) in [5, 5.41) is 1.17. The fourth-order valence-corrected chi connectivity index (χ4v) is 4.68. The molecule has 3 rings (SSSR count). The summed E-state index contributed by atoms with van der Waals surface area (Å²) >= 11 is 0. The van der Waals surface area contributed by atoms with Crippen molar-refractivity contribution in [3.05, 3.63) is 58.5 Å². The minimum absolute atomic E-state index is 0.0603. The average Bonchev–Trinajstić information content (AvgIpc) is 2.80. The third kappa shape index (κ3) is 6.52. The van der Waals surface area contributed by atoms with Crippen molar-refractivity contribution in [3.63, 3.8) is 0 Å². The molecule has 1 aromatic carbocycles. The summed E-state index contributed by atoms with van der Waals surface area (Å²) in [6.45, 7) is 4.69. The van der Waals surface area contributed by atoms with Crippen molar-refractivity contribution in [1.82, 2.24) is 10.3 Å². The number of carbonyl (C=O) groups is 1. The largest absolute Gasteiger partial charge is 0.433 e. The van der Waals surface area contributed by atoms with E-state index in [1.807, 2.05) is 0 Å². The highest BCUT2D eigenvalue weighted by Crippen LogP contribution is 2.32. The van der Waals surface area contributed by atoms with Crippen LogP contribution in [-0.4, -0.2) is 38.7 Å². The van der Waals surface area contributed by atoms with Crippen LogP contribution in [0.1, 0.15) is 60.4 Å². The van der Waals surface area contributed by atoms with Gasteiger partial charge in [0.1, 0.15) is 22.7 Å². The lowest BCUT2D eigenvalue weighted by Gasteiger charge is -2.33. The van der Waals surface area contributed by atoms with Crippen LogP contribution in [0.3, 0.4) is 0 Å². The van der Waals surface area contributed by atoms with Crippen LogP contribution in [-0.2, 0) is 27.4 Å². The van der Waals surface area contributed by atoms with Gasteiger partial charge in [0.05, 0.1) is 5.92 Å². The van der Waals surface area contributed by atoms with Gasteiger partial charge in [-0.3, -0.25) is 4.79 Å². The van der Waals surface area contributed by atoms with Crippen molar-refractivity contribution in [2.45, 2.75) is 50.7 Å². The van der Waals surface area contributed by atoms with Gasteiger partial charge >= 0.3 is 6.18 Å². The summed E-state index contributed by atoms with van der Waals surface area (Å²) in [4.78, 5) is 18.5. The minimum atomic E-state index is -4.59. The van der Waals surface area contributed by atoms with Gasteiger partial charge in [0.15, 0.2) is 9.84 Å². The molecule has 1 fully saturated rings. The second-order valence-corrected chi connectivity index (χ2v) is 11.5. The predicted octanol–water partition coefficient (Wildman–Crippen LogP) is 3.90. The first-order valence-corrected chi connectivity index (χ1v) is 13.5. The maximum absolute atomic E-state index is 14.5. The number of piperidine rings is 1. The molecule has 7 nitrogen and oxygen atoms in total. The zero-order valence-electron chi connectivity index (χ0n) is 20.3. The van der Waals surface area contributed by atoms with E-state index in [1.165, 1.54) is 25.1 Å². The molecule has 2 unspecified atom stereocenters. The first-order valence-electron chi connectivity index (χ1n) is 11.5. The Bertz CT molecular complexity index is 1210. The fourth-order valence-electron chi connectivity index (χ4n) is 4.03. The molecule has 198 valence electrons. The molecule has 36 heavy (non-hydrogen) atoms. The van der Waals surface area contributed by atoms with Gasteiger partial charge in [-0.2, -0.15) is 13.2 Å². The topological polar surface area (TPSA) is 105 Å². The number of rotatable bonds is 7. The smallest absolute Gasteiger partial charge is 0.356 e. The molecule has 2 heterocycles. The molecule has 0 bridgehead atoms. The number of nitrogens with zero attached hydrogens (tertiary/aromatic N) is 2. The number of amides is 1. The van der Waals surface area contributed by atoms with Crippen LogP contribution in [0.5, 0.6) is 0 Å². The van der Waals surface area contributed by atoms with Crippen LogP contribution < -0.4 is 16.0 Å². The van der Waals surface area contributed by atoms with E-state index < -0.39 is 44.7 Å². The Labute approximate surface area is 208 Å². The van der Waals surface area contributed by atoms with Crippen LogP contribution in [0.25, 0.3) is 0 Å². The number of benzene rings is 1. The maximum atomic E-state index is 14.5. The molecule has 1 aliphatic heterocycles. The summed E-state index contributed by atoms with van der Waals surface area (Å²) in [7, 11) is -3.72. The summed E-state index contributed by atoms with van der Waals surface area (Å²) in [6.07, 6.45) is -2.05. The highest BCUT2D eigenvalue weighted by Gasteiger charge is 2.34. The molecule has 3 N–H and O–H groups in total. The molecule has 0 saturated carbocycles. The summed E-state index contributed by atoms with van der Waals surface area (Å²) in [6, 6.07) is 5.92. The van der Waals surface area contributed by atoms with Gasteiger partial charge in [0.25, 0.3) is 0 Å². The highest BCUT2D eigenvalue weighted by atomic mass is 32.2. The number of nitrogens with two attached hydrogens (primary N) is 1. The molecule has 12 heteroatoms. The third-order valence-corrected chi connectivity index (χ3v) is 7.64. The van der Waals surface area contributed by atoms with Crippen molar-refractivity contribution in [2.75, 3.05) is 24.2 Å². The number of anilines is 1. The molecule has 1 saturated heterocycles. The lowest BCUT2D eigenvalue weighted by atomic mass is 9.98. The number of pyridine rings is 1. The standard InChI is InChI=1S/C24H30F4N4O3S/c1-14-8-10-32(11-9-14)22-17(5-7-20(31-22)24(26,27)28)13-30-23(33)15(2)16-4-6-18(19(25)12-16)21(29)36(3,34)35/h4-7,12,14-15,21H,8-11,13,29H2,1-3H3,(H,30,33). The SMILES string of the molecule is CC1CCN(c2nc(C(F)(F)F)ccc2CNC(=O)C(C)c2ccc(C(N)S(C)(=O)=O)c(F)c2)CC1. The highest BCUT2D eigenvalue weighted by molar-refractivity contribution is 7.90. The molecular weight excluding hydrogens is 500 g/mol. The molecule has 0 radical (unpaired) electrons. The molecule has 1 aliphatic rings. The second kappa shape index (κ2) is 10.7. The number of alkyl halides is 3. The number of hydrogen-bond donors (Lipinski definition) is 2. The zero-order valence-corrected chi connectivity index (χ0v) is 21.1. The van der Waals surface area contributed by atoms with E-state index in [0.717, 1.165) is 31.2 Å². The zero-order chi connectivity index (χ0) is 26.8. The number of aromatic nitrogens is 1. The van der Waals surface area contributed by atoms with Crippen LogP contribution in [0, 0.1) is 11.7 Å². The van der Waals surface area contributed by atoms with Gasteiger partial charge < -0.3 is 16.0 Å². The predicted molar refractivity (Wildman–Crippen MR) is 128 cm³/mol. The summed E-state index contributed by atoms with van der Waals surface area (Å²) in [5.74, 6) is -1.49. The van der Waals surface area contributed by atoms with Crippen molar-refractivity contribution >= 4 is 21.6 Å². The van der Waals surface area contributed by atoms with Crippen LogP contribution in [0.15, 0.2) is 30.3 Å². The number of halogens is 4. The molecular formula is C24H30F4N4O3S. The quantitative estimate of drug-likeness (QED) is 0.526. The van der Waals surface area contributed by atoms with Crippen LogP contribution >= 0.6 is 0 Å². The van der Waals surface area contributed by atoms with E-state index in [1.54, 1.807) is 4.90 Å². The van der Waals surface area contributed by atoms with Gasteiger partial charge in [-0.1, -0.05) is 25.1 Å². The van der Waals surface area contributed by atoms with Crippen molar-refractivity contribution in [3.8, 4) is 0 Å². The molecule has 1 aromatic heterocycles. The Balaban J connectivity index is 1.77. The first-order chi connectivity index (χ1) is 16.7. The maximum Gasteiger partial charge on any atom is 0.433 e. The monoisotopic (exact) mass is 530 g/mol. The number of sulfone groups is 1. The van der Waals surface area contributed by atoms with E-state index in [-0.39, 0.29) is 17.9 Å². The second-order valence-electron chi connectivity index (χ2n) is 9.32. The van der Waals surface area contributed by atoms with Gasteiger partial charge in [-0.25, -0.2) is 17.8 Å². The number of nitrogens with one attached hydrogen (secondary N) is 1. The van der Waals surface area contributed by atoms with Crippen LogP contribution in [0.4, 0.5) is 23.4 Å². The Morgan fingerprint density at radius 2 is 1.86 bits per heavy atom. The van der Waals surface area contributed by atoms with Gasteiger partial charge in [0.2, 0.25) is 5.91 Å². The normalized spacial score (nSPS) is 17.1. The average molecular weight is 531 g/mol. The minimum Gasteiger partial charge on any atom is -0.356 e. The Morgan fingerprint density at radius 3 is 2.42 bits per heavy atom. The number of hydrogen-bond acceptors (Lipinski definition) is 6. The van der Waals surface area contributed by atoms with Crippen molar-refractivity contribution in [2.24, 2.45) is 11.7 Å². The number of carbonyl (C=O) groups excluding carboxylic acids is 1. The molecule has 1 amide bonds.